The van der Waals surface area contributed by atoms with Gasteiger partial charge in [-0.1, -0.05) is 53.8 Å². The Balaban J connectivity index is 0.000000483. The number of amides is 2. The highest BCUT2D eigenvalue weighted by molar-refractivity contribution is 6.62. The highest BCUT2D eigenvalue weighted by Gasteiger charge is 2.40. The van der Waals surface area contributed by atoms with Crippen molar-refractivity contribution in [3.05, 3.63) is 75.7 Å². The van der Waals surface area contributed by atoms with Gasteiger partial charge < -0.3 is 15.7 Å². The van der Waals surface area contributed by atoms with Crippen LogP contribution in [0.1, 0.15) is 46.4 Å². The quantitative estimate of drug-likeness (QED) is 0.459. The van der Waals surface area contributed by atoms with Gasteiger partial charge in [-0.15, -0.1) is 0 Å². The van der Waals surface area contributed by atoms with E-state index in [1.807, 2.05) is 0 Å². The minimum absolute atomic E-state index is 0.170. The van der Waals surface area contributed by atoms with Crippen molar-refractivity contribution in [3.8, 4) is 16.9 Å². The Labute approximate surface area is 233 Å². The average molecular weight is 546 g/mol. The van der Waals surface area contributed by atoms with Crippen LogP contribution in [0.3, 0.4) is 0 Å². The van der Waals surface area contributed by atoms with Gasteiger partial charge in [-0.25, -0.2) is 9.37 Å². The Bertz CT molecular complexity index is 1380. The molecule has 1 aromatic heterocycles. The van der Waals surface area contributed by atoms with Gasteiger partial charge in [0.25, 0.3) is 5.91 Å². The Kier molecular flexibility index (Phi) is 8.14. The number of carbonyl (C=O) groups is 2. The number of hydrogen-bond donors (Lipinski definition) is 2. The van der Waals surface area contributed by atoms with Crippen LogP contribution < -0.4 is 10.6 Å². The van der Waals surface area contributed by atoms with Crippen LogP contribution in [-0.2, 0) is 0 Å². The average Bonchev–Trinajstić information content (AvgIpc) is 3.44. The maximum atomic E-state index is 14.3. The van der Waals surface area contributed by atoms with E-state index < -0.39 is 40.0 Å². The summed E-state index contributed by atoms with van der Waals surface area (Å²) in [6.45, 7) is 0. The first-order chi connectivity index (χ1) is 17.9. The molecule has 2 atom stereocenters. The summed E-state index contributed by atoms with van der Waals surface area (Å²) in [6, 6.07) is 9.06. The summed E-state index contributed by atoms with van der Waals surface area (Å²) in [5.74, 6) is -1.40. The predicted octanol–water partition coefficient (Wildman–Crippen LogP) is 4.57. The van der Waals surface area contributed by atoms with Crippen LogP contribution in [0, 0.1) is 17.7 Å². The van der Waals surface area contributed by atoms with Crippen molar-refractivity contribution in [1.82, 2.24) is 4.98 Å². The number of halogens is 3. The van der Waals surface area contributed by atoms with Crippen molar-refractivity contribution in [1.29, 1.82) is 0 Å². The van der Waals surface area contributed by atoms with Gasteiger partial charge in [-0.05, 0) is 54.7 Å². The molecule has 1 heterocycles. The molecule has 2 fully saturated rings. The molecule has 2 aliphatic carbocycles. The zero-order chi connectivity index (χ0) is 27.8. The van der Waals surface area contributed by atoms with Crippen LogP contribution in [-0.4, -0.2) is 50.7 Å². The summed E-state index contributed by atoms with van der Waals surface area (Å²) in [6.07, 6.45) is 7.46. The fourth-order valence-corrected chi connectivity index (χ4v) is 5.06. The summed E-state index contributed by atoms with van der Waals surface area (Å²) in [7, 11) is 17.2. The minimum Gasteiger partial charge on any atom is -0.504 e. The fraction of sp³-hybridized carbons (Fsp3) is 0.269. The van der Waals surface area contributed by atoms with Crippen LogP contribution >= 0.6 is 23.2 Å². The Morgan fingerprint density at radius 2 is 1.76 bits per heavy atom. The molecule has 3 aromatic rings. The predicted molar refractivity (Wildman–Crippen MR) is 149 cm³/mol. The summed E-state index contributed by atoms with van der Waals surface area (Å²) in [5, 5.41) is 8.23. The second kappa shape index (κ2) is 11.0. The van der Waals surface area contributed by atoms with Gasteiger partial charge in [0.05, 0.1) is 34.1 Å². The topological polar surface area (TPSA) is 96.5 Å². The van der Waals surface area contributed by atoms with Gasteiger partial charge in [0.15, 0.2) is 11.6 Å². The van der Waals surface area contributed by atoms with Crippen molar-refractivity contribution in [3.63, 3.8) is 0 Å². The molecule has 12 heteroatoms. The second-order valence-electron chi connectivity index (χ2n) is 9.44. The highest BCUT2D eigenvalue weighted by Crippen LogP contribution is 2.51. The summed E-state index contributed by atoms with van der Waals surface area (Å²) >= 11 is 12.1. The zero-order valence-corrected chi connectivity index (χ0v) is 21.7. The van der Waals surface area contributed by atoms with E-state index in [9.17, 15) is 19.1 Å². The summed E-state index contributed by atoms with van der Waals surface area (Å²) in [4.78, 5) is 29.0. The third kappa shape index (κ3) is 6.02. The van der Waals surface area contributed by atoms with Crippen molar-refractivity contribution in [2.75, 3.05) is 4.90 Å². The number of hydrogen-bond acceptors (Lipinski definition) is 4. The molecule has 3 N–H and O–H groups in total. The van der Waals surface area contributed by atoms with Crippen molar-refractivity contribution < 1.29 is 19.1 Å². The Morgan fingerprint density at radius 3 is 2.26 bits per heavy atom. The molecule has 0 saturated heterocycles. The molecule has 0 spiro atoms. The number of fused-ring (bicyclic) bond motifs is 1. The number of pyridine rings is 1. The normalized spacial score (nSPS) is 17.7. The number of benzene rings is 2. The van der Waals surface area contributed by atoms with E-state index >= 15 is 0 Å². The lowest BCUT2D eigenvalue weighted by Crippen LogP contribution is -2.54. The Morgan fingerprint density at radius 1 is 1.08 bits per heavy atom. The van der Waals surface area contributed by atoms with Crippen molar-refractivity contribution >= 4 is 64.4 Å². The molecule has 2 aromatic carbocycles. The first kappa shape index (κ1) is 28.1. The van der Waals surface area contributed by atoms with Gasteiger partial charge in [-0.3, -0.25) is 9.59 Å². The fourth-order valence-electron chi connectivity index (χ4n) is 4.59. The molecule has 6 nitrogen and oxygen atoms in total. The lowest BCUT2D eigenvalue weighted by Gasteiger charge is -2.37. The zero-order valence-electron chi connectivity index (χ0n) is 20.2. The minimum atomic E-state index is -2.39. The van der Waals surface area contributed by atoms with E-state index in [1.54, 1.807) is 19.3 Å². The molecular formula is C26H21B3Cl2FN3O3. The Hall–Kier alpha value is -2.97. The number of anilines is 1. The third-order valence-corrected chi connectivity index (χ3v) is 7.25. The molecule has 5 rings (SSSR count). The number of aromatic hydroxyl groups is 1. The van der Waals surface area contributed by atoms with Crippen molar-refractivity contribution in [2.24, 2.45) is 17.6 Å². The number of nitrogens with two attached hydrogens (primary N) is 1. The van der Waals surface area contributed by atoms with E-state index in [2.05, 4.69) is 4.98 Å². The van der Waals surface area contributed by atoms with Gasteiger partial charge in [-0.2, -0.15) is 0 Å². The number of rotatable bonds is 5. The molecule has 2 aliphatic rings. The highest BCUT2D eigenvalue weighted by atomic mass is 35.5. The molecule has 2 saturated carbocycles. The lowest BCUT2D eigenvalue weighted by atomic mass is 9.48. The number of nitrogens with zero attached hydrogens (tertiary/aromatic N) is 2. The van der Waals surface area contributed by atoms with Gasteiger partial charge in [0.1, 0.15) is 5.82 Å². The van der Waals surface area contributed by atoms with Crippen LogP contribution in [0.4, 0.5) is 10.2 Å². The van der Waals surface area contributed by atoms with Gasteiger partial charge in [0.2, 0.25) is 5.91 Å². The molecule has 6 radical (unpaired) electrons. The van der Waals surface area contributed by atoms with E-state index in [0.29, 0.717) is 10.5 Å². The smallest absolute Gasteiger partial charge is 0.262 e. The first-order valence-electron chi connectivity index (χ1n) is 11.8. The number of primary amides is 1. The number of aromatic nitrogens is 1. The van der Waals surface area contributed by atoms with Gasteiger partial charge in [0, 0.05) is 27.9 Å². The largest absolute Gasteiger partial charge is 0.504 e. The monoisotopic (exact) mass is 545 g/mol. The molecule has 0 bridgehead atoms. The van der Waals surface area contributed by atoms with E-state index in [4.69, 9.17) is 52.5 Å². The molecule has 188 valence electrons. The molecule has 38 heavy (non-hydrogen) atoms. The summed E-state index contributed by atoms with van der Waals surface area (Å²) < 4.78 is 14.3. The molecule has 0 aliphatic heterocycles. The van der Waals surface area contributed by atoms with Crippen LogP contribution in [0.5, 0.6) is 5.75 Å². The van der Waals surface area contributed by atoms with Gasteiger partial charge >= 0.3 is 0 Å². The van der Waals surface area contributed by atoms with Crippen LogP contribution in [0.25, 0.3) is 11.1 Å². The van der Waals surface area contributed by atoms with E-state index in [0.717, 1.165) is 6.07 Å². The van der Waals surface area contributed by atoms with Crippen LogP contribution in [0.15, 0.2) is 48.7 Å². The summed E-state index contributed by atoms with van der Waals surface area (Å²) in [5.41, 5.74) is 5.49. The van der Waals surface area contributed by atoms with Crippen LogP contribution in [0.2, 0.25) is 10.0 Å². The SMILES string of the molecule is C1C[C@@H]2C[C@@H]2C1.[B]C([B])([B])N(C(=O)c1c(F)cccc1Cl)c1ncc(-c2cc(C(N)=O)ccc2Cl)cc1O. The maximum absolute atomic E-state index is 14.3. The van der Waals surface area contributed by atoms with E-state index in [1.165, 1.54) is 60.9 Å². The lowest BCUT2D eigenvalue weighted by molar-refractivity contribution is 0.0978. The number of carbonyl (C=O) groups excluding carboxylic acids is 2. The van der Waals surface area contributed by atoms with Crippen molar-refractivity contribution in [2.45, 2.75) is 30.9 Å². The van der Waals surface area contributed by atoms with E-state index in [-0.39, 0.29) is 21.2 Å². The third-order valence-electron chi connectivity index (χ3n) is 6.61. The molecular weight excluding hydrogens is 525 g/mol. The first-order valence-corrected chi connectivity index (χ1v) is 12.6. The maximum Gasteiger partial charge on any atom is 0.262 e. The molecule has 2 amide bonds. The standard InChI is InChI=1S/C20H11B3Cl2FN3O3.C6H10/c21-20(22,23)29(19(32)16-13(25)2-1-3-14(16)26)18-15(30)7-10(8-28-18)11-6-9(17(27)31)4-5-12(11)24;1-2-5-4-6(5)3-1/h1-8,30H,(H2,27,31);5-6H,1-4H2/t;5-,6+. The molecule has 0 unspecified atom stereocenters. The second-order valence-corrected chi connectivity index (χ2v) is 10.3.